The SMILES string of the molecule is Cc1ccc(CCC(=O)Nc2cccc3c2N(C)C(=O)CO3)cc1. The number of hydrogen-bond acceptors (Lipinski definition) is 3. The number of aryl methyl sites for hydroxylation is 2. The predicted octanol–water partition coefficient (Wildman–Crippen LogP) is 2.92. The third-order valence-corrected chi connectivity index (χ3v) is 4.10. The van der Waals surface area contributed by atoms with Gasteiger partial charge in [0.05, 0.1) is 5.69 Å². The summed E-state index contributed by atoms with van der Waals surface area (Å²) in [4.78, 5) is 25.6. The molecule has 0 radical (unpaired) electrons. The Morgan fingerprint density at radius 3 is 2.71 bits per heavy atom. The van der Waals surface area contributed by atoms with Crippen molar-refractivity contribution in [1.82, 2.24) is 0 Å². The first-order valence-corrected chi connectivity index (χ1v) is 7.92. The Hall–Kier alpha value is -2.82. The van der Waals surface area contributed by atoms with Gasteiger partial charge in [-0.25, -0.2) is 0 Å². The van der Waals surface area contributed by atoms with Crippen molar-refractivity contribution in [3.63, 3.8) is 0 Å². The molecule has 1 heterocycles. The molecular formula is C19H20N2O3. The van der Waals surface area contributed by atoms with Gasteiger partial charge in [0.1, 0.15) is 11.4 Å². The fourth-order valence-corrected chi connectivity index (χ4v) is 2.67. The van der Waals surface area contributed by atoms with Crippen LogP contribution in [0.15, 0.2) is 42.5 Å². The zero-order chi connectivity index (χ0) is 17.1. The molecule has 0 unspecified atom stereocenters. The van der Waals surface area contributed by atoms with Crippen LogP contribution in [0.25, 0.3) is 0 Å². The molecule has 0 bridgehead atoms. The summed E-state index contributed by atoms with van der Waals surface area (Å²) < 4.78 is 5.43. The molecule has 0 saturated heterocycles. The minimum atomic E-state index is -0.135. The summed E-state index contributed by atoms with van der Waals surface area (Å²) in [5, 5.41) is 2.89. The number of ether oxygens (including phenoxy) is 1. The first kappa shape index (κ1) is 16.1. The van der Waals surface area contributed by atoms with E-state index in [1.165, 1.54) is 10.5 Å². The van der Waals surface area contributed by atoms with Crippen LogP contribution < -0.4 is 15.0 Å². The molecular weight excluding hydrogens is 304 g/mol. The summed E-state index contributed by atoms with van der Waals surface area (Å²) >= 11 is 0. The number of fused-ring (bicyclic) bond motifs is 1. The lowest BCUT2D eigenvalue weighted by atomic mass is 10.1. The fraction of sp³-hybridized carbons (Fsp3) is 0.263. The van der Waals surface area contributed by atoms with Crippen molar-refractivity contribution < 1.29 is 14.3 Å². The second-order valence-electron chi connectivity index (χ2n) is 5.93. The number of hydrogen-bond donors (Lipinski definition) is 1. The molecule has 24 heavy (non-hydrogen) atoms. The number of carbonyl (C=O) groups is 2. The van der Waals surface area contributed by atoms with Crippen LogP contribution in [0, 0.1) is 6.92 Å². The molecule has 0 spiro atoms. The average Bonchev–Trinajstić information content (AvgIpc) is 2.58. The van der Waals surface area contributed by atoms with Gasteiger partial charge < -0.3 is 15.0 Å². The molecule has 0 fully saturated rings. The van der Waals surface area contributed by atoms with E-state index < -0.39 is 0 Å². The van der Waals surface area contributed by atoms with E-state index in [2.05, 4.69) is 5.32 Å². The molecule has 1 aliphatic heterocycles. The molecule has 2 aromatic carbocycles. The zero-order valence-electron chi connectivity index (χ0n) is 13.8. The quantitative estimate of drug-likeness (QED) is 0.941. The van der Waals surface area contributed by atoms with E-state index in [9.17, 15) is 9.59 Å². The van der Waals surface area contributed by atoms with Gasteiger partial charge in [0.25, 0.3) is 5.91 Å². The molecule has 5 nitrogen and oxygen atoms in total. The van der Waals surface area contributed by atoms with Crippen LogP contribution >= 0.6 is 0 Å². The number of nitrogens with one attached hydrogen (secondary N) is 1. The van der Waals surface area contributed by atoms with E-state index in [1.807, 2.05) is 31.2 Å². The highest BCUT2D eigenvalue weighted by Gasteiger charge is 2.25. The summed E-state index contributed by atoms with van der Waals surface area (Å²) in [5.74, 6) is 0.382. The van der Waals surface area contributed by atoms with Gasteiger partial charge in [0.15, 0.2) is 6.61 Å². The highest BCUT2D eigenvalue weighted by molar-refractivity contribution is 6.04. The molecule has 0 saturated carbocycles. The van der Waals surface area contributed by atoms with Crippen molar-refractivity contribution in [2.75, 3.05) is 23.9 Å². The highest BCUT2D eigenvalue weighted by atomic mass is 16.5. The number of benzene rings is 2. The molecule has 5 heteroatoms. The van der Waals surface area contributed by atoms with Gasteiger partial charge in [-0.1, -0.05) is 35.9 Å². The number of amides is 2. The van der Waals surface area contributed by atoms with Crippen LogP contribution in [0.1, 0.15) is 17.5 Å². The normalized spacial score (nSPS) is 13.2. The van der Waals surface area contributed by atoms with Crippen LogP contribution in [0.3, 0.4) is 0 Å². The first-order chi connectivity index (χ1) is 11.5. The summed E-state index contributed by atoms with van der Waals surface area (Å²) in [7, 11) is 1.69. The molecule has 0 aromatic heterocycles. The maximum atomic E-state index is 12.3. The number of rotatable bonds is 4. The number of likely N-dealkylation sites (N-methyl/N-ethyl adjacent to an activating group) is 1. The number of carbonyl (C=O) groups excluding carboxylic acids is 2. The van der Waals surface area contributed by atoms with E-state index >= 15 is 0 Å². The topological polar surface area (TPSA) is 58.6 Å². The third-order valence-electron chi connectivity index (χ3n) is 4.10. The molecule has 1 N–H and O–H groups in total. The number of para-hydroxylation sites is 1. The minimum Gasteiger partial charge on any atom is -0.481 e. The van der Waals surface area contributed by atoms with Gasteiger partial charge in [-0.15, -0.1) is 0 Å². The van der Waals surface area contributed by atoms with Gasteiger partial charge in [-0.2, -0.15) is 0 Å². The fourth-order valence-electron chi connectivity index (χ4n) is 2.67. The van der Waals surface area contributed by atoms with Crippen molar-refractivity contribution >= 4 is 23.2 Å². The van der Waals surface area contributed by atoms with Crippen molar-refractivity contribution in [2.24, 2.45) is 0 Å². The molecule has 2 aromatic rings. The largest absolute Gasteiger partial charge is 0.481 e. The molecule has 0 aliphatic carbocycles. The number of anilines is 2. The van der Waals surface area contributed by atoms with E-state index in [4.69, 9.17) is 4.74 Å². The van der Waals surface area contributed by atoms with Crippen LogP contribution in [0.5, 0.6) is 5.75 Å². The van der Waals surface area contributed by atoms with Gasteiger partial charge in [0.2, 0.25) is 5.91 Å². The van der Waals surface area contributed by atoms with Crippen molar-refractivity contribution in [2.45, 2.75) is 19.8 Å². The van der Waals surface area contributed by atoms with Crippen molar-refractivity contribution in [3.8, 4) is 5.75 Å². The van der Waals surface area contributed by atoms with Gasteiger partial charge in [-0.3, -0.25) is 9.59 Å². The Balaban J connectivity index is 1.69. The summed E-state index contributed by atoms with van der Waals surface area (Å²) in [5.41, 5.74) is 3.53. The van der Waals surface area contributed by atoms with Crippen molar-refractivity contribution in [3.05, 3.63) is 53.6 Å². The van der Waals surface area contributed by atoms with E-state index in [1.54, 1.807) is 25.2 Å². The van der Waals surface area contributed by atoms with Crippen LogP contribution in [0.4, 0.5) is 11.4 Å². The monoisotopic (exact) mass is 324 g/mol. The molecule has 3 rings (SSSR count). The predicted molar refractivity (Wildman–Crippen MR) is 93.5 cm³/mol. The highest BCUT2D eigenvalue weighted by Crippen LogP contribution is 2.38. The van der Waals surface area contributed by atoms with E-state index in [0.717, 1.165) is 5.56 Å². The standard InChI is InChI=1S/C19H20N2O3/c1-13-6-8-14(9-7-13)10-11-17(22)20-15-4-3-5-16-19(15)21(2)18(23)12-24-16/h3-9H,10-12H2,1-2H3,(H,20,22). The van der Waals surface area contributed by atoms with Crippen LogP contribution in [-0.4, -0.2) is 25.5 Å². The Labute approximate surface area is 141 Å². The molecule has 2 amide bonds. The van der Waals surface area contributed by atoms with Crippen molar-refractivity contribution in [1.29, 1.82) is 0 Å². The molecule has 124 valence electrons. The minimum absolute atomic E-state index is 0.0221. The lowest BCUT2D eigenvalue weighted by molar-refractivity contribution is -0.121. The maximum Gasteiger partial charge on any atom is 0.264 e. The Morgan fingerprint density at radius 2 is 1.96 bits per heavy atom. The third kappa shape index (κ3) is 3.40. The zero-order valence-corrected chi connectivity index (χ0v) is 13.8. The maximum absolute atomic E-state index is 12.3. The molecule has 1 aliphatic rings. The first-order valence-electron chi connectivity index (χ1n) is 7.92. The van der Waals surface area contributed by atoms with E-state index in [0.29, 0.717) is 30.0 Å². The summed E-state index contributed by atoms with van der Waals surface area (Å²) in [6.45, 7) is 2.06. The van der Waals surface area contributed by atoms with Gasteiger partial charge in [-0.05, 0) is 31.0 Å². The average molecular weight is 324 g/mol. The Morgan fingerprint density at radius 1 is 1.21 bits per heavy atom. The Kier molecular flexibility index (Phi) is 4.51. The van der Waals surface area contributed by atoms with Gasteiger partial charge in [0, 0.05) is 13.5 Å². The van der Waals surface area contributed by atoms with Gasteiger partial charge >= 0.3 is 0 Å². The second-order valence-corrected chi connectivity index (χ2v) is 5.93. The lowest BCUT2D eigenvalue weighted by Crippen LogP contribution is -2.36. The summed E-state index contributed by atoms with van der Waals surface area (Å²) in [6.07, 6.45) is 1.05. The van der Waals surface area contributed by atoms with E-state index in [-0.39, 0.29) is 18.4 Å². The van der Waals surface area contributed by atoms with Crippen LogP contribution in [0.2, 0.25) is 0 Å². The summed E-state index contributed by atoms with van der Waals surface area (Å²) in [6, 6.07) is 13.5. The lowest BCUT2D eigenvalue weighted by Gasteiger charge is -2.28. The smallest absolute Gasteiger partial charge is 0.264 e. The number of nitrogens with zero attached hydrogens (tertiary/aromatic N) is 1. The molecule has 0 atom stereocenters. The Bertz CT molecular complexity index is 769. The second kappa shape index (κ2) is 6.74. The van der Waals surface area contributed by atoms with Crippen LogP contribution in [-0.2, 0) is 16.0 Å².